The Kier molecular flexibility index (Phi) is 2.77. The van der Waals surface area contributed by atoms with Crippen LogP contribution in [0.5, 0.6) is 0 Å². The van der Waals surface area contributed by atoms with Gasteiger partial charge in [0.1, 0.15) is 0 Å². The molecule has 0 aromatic carbocycles. The Labute approximate surface area is 78.1 Å². The summed E-state index contributed by atoms with van der Waals surface area (Å²) in [5, 5.41) is 5.03. The van der Waals surface area contributed by atoms with E-state index in [9.17, 15) is 8.42 Å². The summed E-state index contributed by atoms with van der Waals surface area (Å²) in [7, 11) is -2.07. The molecule has 0 aromatic heterocycles. The molecule has 0 fully saturated rings. The fraction of sp³-hybridized carbons (Fsp3) is 0.500. The van der Waals surface area contributed by atoms with Gasteiger partial charge < -0.3 is 4.74 Å². The van der Waals surface area contributed by atoms with Crippen LogP contribution in [0.4, 0.5) is 0 Å². The first kappa shape index (κ1) is 10.3. The molecule has 74 valence electrons. The van der Waals surface area contributed by atoms with Crippen LogP contribution in [0, 0.1) is 0 Å². The van der Waals surface area contributed by atoms with Gasteiger partial charge in [-0.3, -0.25) is 0 Å². The number of hydrogen-bond donors (Lipinski definition) is 1. The van der Waals surface area contributed by atoms with Crippen LogP contribution < -0.4 is 5.14 Å². The molecule has 0 amide bonds. The van der Waals surface area contributed by atoms with Gasteiger partial charge in [-0.05, 0) is 19.4 Å². The van der Waals surface area contributed by atoms with Crippen molar-refractivity contribution in [2.75, 3.05) is 7.11 Å². The standard InChI is InChI=1S/C8H13NO3S/c1-6-3-4-7(12-2)5-8(6)13(9,10)11/h5H,3-4H2,1-2H3,(H2,9,10,11). The number of allylic oxidation sites excluding steroid dienone is 3. The van der Waals surface area contributed by atoms with Crippen molar-refractivity contribution in [1.82, 2.24) is 0 Å². The maximum absolute atomic E-state index is 11.1. The fourth-order valence-corrected chi connectivity index (χ4v) is 2.14. The van der Waals surface area contributed by atoms with Crippen LogP contribution in [0.25, 0.3) is 0 Å². The average molecular weight is 203 g/mol. The Morgan fingerprint density at radius 1 is 1.46 bits per heavy atom. The molecule has 1 aliphatic rings. The molecule has 2 N–H and O–H groups in total. The van der Waals surface area contributed by atoms with Gasteiger partial charge in [0, 0.05) is 6.42 Å². The first-order chi connectivity index (χ1) is 5.95. The number of nitrogens with two attached hydrogens (primary N) is 1. The third kappa shape index (κ3) is 2.32. The molecule has 1 aliphatic carbocycles. The van der Waals surface area contributed by atoms with Crippen molar-refractivity contribution in [2.45, 2.75) is 19.8 Å². The SMILES string of the molecule is COC1=CC(S(N)(=O)=O)=C(C)CC1. The number of ether oxygens (including phenoxy) is 1. The van der Waals surface area contributed by atoms with E-state index in [2.05, 4.69) is 0 Å². The van der Waals surface area contributed by atoms with Gasteiger partial charge in [-0.15, -0.1) is 0 Å². The Morgan fingerprint density at radius 3 is 2.54 bits per heavy atom. The molecular formula is C8H13NO3S. The van der Waals surface area contributed by atoms with E-state index in [1.54, 1.807) is 6.92 Å². The smallest absolute Gasteiger partial charge is 0.238 e. The van der Waals surface area contributed by atoms with Crippen molar-refractivity contribution >= 4 is 10.0 Å². The highest BCUT2D eigenvalue weighted by molar-refractivity contribution is 7.93. The quantitative estimate of drug-likeness (QED) is 0.724. The summed E-state index contributed by atoms with van der Waals surface area (Å²) in [4.78, 5) is 0.190. The van der Waals surface area contributed by atoms with Gasteiger partial charge in [0.2, 0.25) is 10.0 Å². The van der Waals surface area contributed by atoms with Crippen molar-refractivity contribution in [3.8, 4) is 0 Å². The Bertz CT molecular complexity index is 365. The third-order valence-corrected chi connectivity index (χ3v) is 3.11. The second-order valence-corrected chi connectivity index (χ2v) is 4.53. The predicted molar refractivity (Wildman–Crippen MR) is 50.1 cm³/mol. The molecule has 0 atom stereocenters. The lowest BCUT2D eigenvalue weighted by molar-refractivity contribution is 0.275. The molecular weight excluding hydrogens is 190 g/mol. The maximum Gasteiger partial charge on any atom is 0.238 e. The van der Waals surface area contributed by atoms with Crippen LogP contribution in [-0.4, -0.2) is 15.5 Å². The van der Waals surface area contributed by atoms with Crippen molar-refractivity contribution in [3.05, 3.63) is 22.3 Å². The summed E-state index contributed by atoms with van der Waals surface area (Å²) in [5.41, 5.74) is 0.795. The van der Waals surface area contributed by atoms with Gasteiger partial charge in [-0.2, -0.15) is 0 Å². The number of rotatable bonds is 2. The van der Waals surface area contributed by atoms with Crippen molar-refractivity contribution in [2.24, 2.45) is 5.14 Å². The molecule has 0 saturated carbocycles. The van der Waals surface area contributed by atoms with Crippen LogP contribution in [0.1, 0.15) is 19.8 Å². The van der Waals surface area contributed by atoms with Gasteiger partial charge in [0.25, 0.3) is 0 Å². The highest BCUT2D eigenvalue weighted by atomic mass is 32.2. The monoisotopic (exact) mass is 203 g/mol. The minimum Gasteiger partial charge on any atom is -0.501 e. The van der Waals surface area contributed by atoms with Gasteiger partial charge in [-0.1, -0.05) is 5.57 Å². The molecule has 0 bridgehead atoms. The number of methoxy groups -OCH3 is 1. The normalized spacial score (nSPS) is 18.5. The van der Waals surface area contributed by atoms with Gasteiger partial charge in [0.15, 0.2) is 0 Å². The Balaban J connectivity index is 3.14. The highest BCUT2D eigenvalue weighted by Crippen LogP contribution is 2.25. The summed E-state index contributed by atoms with van der Waals surface area (Å²) >= 11 is 0. The van der Waals surface area contributed by atoms with Crippen molar-refractivity contribution in [3.63, 3.8) is 0 Å². The molecule has 0 saturated heterocycles. The molecule has 0 spiro atoms. The highest BCUT2D eigenvalue weighted by Gasteiger charge is 2.18. The fourth-order valence-electron chi connectivity index (χ4n) is 1.26. The van der Waals surface area contributed by atoms with E-state index >= 15 is 0 Å². The van der Waals surface area contributed by atoms with Crippen molar-refractivity contribution < 1.29 is 13.2 Å². The van der Waals surface area contributed by atoms with Crippen LogP contribution >= 0.6 is 0 Å². The molecule has 5 heteroatoms. The zero-order valence-electron chi connectivity index (χ0n) is 7.70. The van der Waals surface area contributed by atoms with Crippen LogP contribution in [0.15, 0.2) is 22.3 Å². The summed E-state index contributed by atoms with van der Waals surface area (Å²) < 4.78 is 27.1. The molecule has 0 heterocycles. The van der Waals surface area contributed by atoms with E-state index < -0.39 is 10.0 Å². The van der Waals surface area contributed by atoms with Crippen LogP contribution in [0.2, 0.25) is 0 Å². The van der Waals surface area contributed by atoms with E-state index in [0.29, 0.717) is 12.2 Å². The van der Waals surface area contributed by atoms with Crippen LogP contribution in [0.3, 0.4) is 0 Å². The van der Waals surface area contributed by atoms with E-state index in [0.717, 1.165) is 12.0 Å². The lowest BCUT2D eigenvalue weighted by atomic mass is 10.1. The summed E-state index contributed by atoms with van der Waals surface area (Å²) in [5.74, 6) is 0.662. The second-order valence-electron chi connectivity index (χ2n) is 3.00. The Morgan fingerprint density at radius 2 is 2.08 bits per heavy atom. The first-order valence-corrected chi connectivity index (χ1v) is 5.47. The number of hydrogen-bond acceptors (Lipinski definition) is 3. The molecule has 13 heavy (non-hydrogen) atoms. The van der Waals surface area contributed by atoms with Crippen molar-refractivity contribution in [1.29, 1.82) is 0 Å². The molecule has 1 rings (SSSR count). The topological polar surface area (TPSA) is 69.4 Å². The predicted octanol–water partition coefficient (Wildman–Crippen LogP) is 0.873. The maximum atomic E-state index is 11.1. The number of sulfonamides is 1. The molecule has 0 unspecified atom stereocenters. The van der Waals surface area contributed by atoms with E-state index in [1.165, 1.54) is 13.2 Å². The summed E-state index contributed by atoms with van der Waals surface area (Å²) in [6.45, 7) is 1.77. The molecule has 0 radical (unpaired) electrons. The molecule has 4 nitrogen and oxygen atoms in total. The van der Waals surface area contributed by atoms with Gasteiger partial charge in [0.05, 0.1) is 17.8 Å². The lowest BCUT2D eigenvalue weighted by Crippen LogP contribution is -2.17. The van der Waals surface area contributed by atoms with Gasteiger partial charge >= 0.3 is 0 Å². The third-order valence-electron chi connectivity index (χ3n) is 2.03. The molecule has 0 aromatic rings. The first-order valence-electron chi connectivity index (χ1n) is 3.92. The zero-order valence-corrected chi connectivity index (χ0v) is 8.52. The lowest BCUT2D eigenvalue weighted by Gasteiger charge is -2.15. The average Bonchev–Trinajstić information content (AvgIpc) is 2.03. The van der Waals surface area contributed by atoms with E-state index in [1.807, 2.05) is 0 Å². The molecule has 0 aliphatic heterocycles. The van der Waals surface area contributed by atoms with Gasteiger partial charge in [-0.25, -0.2) is 13.6 Å². The summed E-state index contributed by atoms with van der Waals surface area (Å²) in [6.07, 6.45) is 2.92. The summed E-state index contributed by atoms with van der Waals surface area (Å²) in [6, 6.07) is 0. The van der Waals surface area contributed by atoms with Crippen LogP contribution in [-0.2, 0) is 14.8 Å². The second kappa shape index (κ2) is 3.51. The Hall–Kier alpha value is -0.810. The zero-order chi connectivity index (χ0) is 10.1. The number of primary sulfonamides is 1. The van der Waals surface area contributed by atoms with E-state index in [-0.39, 0.29) is 4.91 Å². The minimum atomic E-state index is -3.59. The largest absolute Gasteiger partial charge is 0.501 e. The van der Waals surface area contributed by atoms with E-state index in [4.69, 9.17) is 9.88 Å². The minimum absolute atomic E-state index is 0.190.